The normalized spacial score (nSPS) is 16.0. The Balaban J connectivity index is 1.66. The van der Waals surface area contributed by atoms with Crippen LogP contribution in [0.15, 0.2) is 42.6 Å². The summed E-state index contributed by atoms with van der Waals surface area (Å²) in [6, 6.07) is 12.3. The van der Waals surface area contributed by atoms with Crippen molar-refractivity contribution in [3.05, 3.63) is 65.2 Å². The third kappa shape index (κ3) is 4.06. The van der Waals surface area contributed by atoms with Crippen molar-refractivity contribution in [3.8, 4) is 23.0 Å². The fourth-order valence-electron chi connectivity index (χ4n) is 4.79. The number of carbonyl (C=O) groups excluding carboxylic acids is 1. The Labute approximate surface area is 202 Å². The number of rotatable bonds is 4. The third-order valence-electron chi connectivity index (χ3n) is 6.65. The second-order valence-electron chi connectivity index (χ2n) is 8.97. The SMILES string of the molecule is CN[C@@H]1CCCN(C(=O)c2nn(-c3ccc(C#N)c(F)c3)c(-c3ccc4nn(C)cc4c3)c2C)C1. The van der Waals surface area contributed by atoms with Gasteiger partial charge in [0.1, 0.15) is 11.9 Å². The molecule has 35 heavy (non-hydrogen) atoms. The lowest BCUT2D eigenvalue weighted by Crippen LogP contribution is -2.47. The van der Waals surface area contributed by atoms with Gasteiger partial charge < -0.3 is 10.2 Å². The van der Waals surface area contributed by atoms with Crippen LogP contribution in [0.5, 0.6) is 0 Å². The summed E-state index contributed by atoms with van der Waals surface area (Å²) < 4.78 is 17.9. The summed E-state index contributed by atoms with van der Waals surface area (Å²) in [5.74, 6) is -0.772. The topological polar surface area (TPSA) is 91.8 Å². The van der Waals surface area contributed by atoms with Crippen LogP contribution in [-0.2, 0) is 7.05 Å². The van der Waals surface area contributed by atoms with Crippen LogP contribution in [0, 0.1) is 24.1 Å². The Kier molecular flexibility index (Phi) is 5.83. The number of aryl methyl sites for hydroxylation is 1. The number of aromatic nitrogens is 4. The second kappa shape index (κ2) is 8.96. The number of fused-ring (bicyclic) bond motifs is 1. The molecule has 2 aromatic carbocycles. The van der Waals surface area contributed by atoms with Gasteiger partial charge in [0.2, 0.25) is 0 Å². The lowest BCUT2D eigenvalue weighted by atomic mass is 10.0. The van der Waals surface area contributed by atoms with Crippen molar-refractivity contribution in [3.63, 3.8) is 0 Å². The fourth-order valence-corrected chi connectivity index (χ4v) is 4.79. The van der Waals surface area contributed by atoms with Crippen LogP contribution in [0.3, 0.4) is 0 Å². The summed E-state index contributed by atoms with van der Waals surface area (Å²) in [4.78, 5) is 15.4. The van der Waals surface area contributed by atoms with E-state index in [1.807, 2.05) is 56.4 Å². The number of nitrogens with zero attached hydrogens (tertiary/aromatic N) is 6. The van der Waals surface area contributed by atoms with Gasteiger partial charge in [-0.05, 0) is 51.1 Å². The number of nitriles is 1. The van der Waals surface area contributed by atoms with Crippen molar-refractivity contribution in [2.45, 2.75) is 25.8 Å². The summed E-state index contributed by atoms with van der Waals surface area (Å²) in [6.45, 7) is 3.16. The average molecular weight is 472 g/mol. The molecule has 3 heterocycles. The van der Waals surface area contributed by atoms with Gasteiger partial charge in [0.25, 0.3) is 5.91 Å². The molecule has 1 saturated heterocycles. The smallest absolute Gasteiger partial charge is 0.274 e. The van der Waals surface area contributed by atoms with E-state index in [9.17, 15) is 9.18 Å². The maximum atomic E-state index is 14.6. The monoisotopic (exact) mass is 471 g/mol. The van der Waals surface area contributed by atoms with Crippen LogP contribution in [0.25, 0.3) is 27.8 Å². The highest BCUT2D eigenvalue weighted by atomic mass is 19.1. The van der Waals surface area contributed by atoms with Gasteiger partial charge in [0.05, 0.1) is 22.5 Å². The largest absolute Gasteiger partial charge is 0.336 e. The molecule has 4 aromatic rings. The van der Waals surface area contributed by atoms with E-state index in [0.29, 0.717) is 30.2 Å². The van der Waals surface area contributed by atoms with E-state index in [1.165, 1.54) is 12.1 Å². The van der Waals surface area contributed by atoms with Gasteiger partial charge in [0, 0.05) is 55.0 Å². The molecule has 178 valence electrons. The van der Waals surface area contributed by atoms with Crippen molar-refractivity contribution in [2.75, 3.05) is 20.1 Å². The number of amides is 1. The molecule has 0 spiro atoms. The van der Waals surface area contributed by atoms with Gasteiger partial charge in [-0.2, -0.15) is 15.5 Å². The molecule has 0 radical (unpaired) electrons. The van der Waals surface area contributed by atoms with Gasteiger partial charge in [-0.1, -0.05) is 6.07 Å². The Morgan fingerprint density at radius 3 is 2.80 bits per heavy atom. The number of hydrogen-bond donors (Lipinski definition) is 1. The zero-order valence-electron chi connectivity index (χ0n) is 19.9. The molecule has 1 amide bonds. The molecule has 5 rings (SSSR count). The van der Waals surface area contributed by atoms with Crippen molar-refractivity contribution in [2.24, 2.45) is 7.05 Å². The predicted molar refractivity (Wildman–Crippen MR) is 131 cm³/mol. The van der Waals surface area contributed by atoms with E-state index < -0.39 is 5.82 Å². The quantitative estimate of drug-likeness (QED) is 0.491. The number of likely N-dealkylation sites (N-methyl/N-ethyl adjacent to an activating group) is 1. The summed E-state index contributed by atoms with van der Waals surface area (Å²) in [7, 11) is 3.77. The molecule has 1 N–H and O–H groups in total. The highest BCUT2D eigenvalue weighted by Crippen LogP contribution is 2.32. The molecule has 1 fully saturated rings. The lowest BCUT2D eigenvalue weighted by molar-refractivity contribution is 0.0691. The molecule has 2 aromatic heterocycles. The van der Waals surface area contributed by atoms with Crippen molar-refractivity contribution >= 4 is 16.8 Å². The zero-order chi connectivity index (χ0) is 24.7. The number of piperidine rings is 1. The van der Waals surface area contributed by atoms with Crippen LogP contribution >= 0.6 is 0 Å². The average Bonchev–Trinajstić information content (AvgIpc) is 3.41. The second-order valence-corrected chi connectivity index (χ2v) is 8.97. The molecule has 0 bridgehead atoms. The summed E-state index contributed by atoms with van der Waals surface area (Å²) in [5, 5.41) is 22.5. The standard InChI is InChI=1S/C26H26FN7O/c1-16-24(26(35)33-10-4-5-20(15-33)29-2)31-34(21-8-6-18(13-28)22(27)12-21)25(16)17-7-9-23-19(11-17)14-32(3)30-23/h6-9,11-12,14,20,29H,4-5,10,15H2,1-3H3/t20-/m1/s1. The number of benzene rings is 2. The van der Waals surface area contributed by atoms with E-state index in [-0.39, 0.29) is 17.5 Å². The van der Waals surface area contributed by atoms with E-state index >= 15 is 0 Å². The Morgan fingerprint density at radius 1 is 1.23 bits per heavy atom. The van der Waals surface area contributed by atoms with Crippen LogP contribution in [0.2, 0.25) is 0 Å². The molecule has 0 saturated carbocycles. The molecule has 1 aliphatic rings. The fraction of sp³-hybridized carbons (Fsp3) is 0.308. The van der Waals surface area contributed by atoms with Crippen molar-refractivity contribution < 1.29 is 9.18 Å². The van der Waals surface area contributed by atoms with Gasteiger partial charge in [-0.25, -0.2) is 9.07 Å². The predicted octanol–water partition coefficient (Wildman–Crippen LogP) is 3.57. The van der Waals surface area contributed by atoms with E-state index in [1.54, 1.807) is 15.4 Å². The van der Waals surface area contributed by atoms with Crippen LogP contribution in [0.1, 0.15) is 34.5 Å². The van der Waals surface area contributed by atoms with Gasteiger partial charge in [-0.3, -0.25) is 9.48 Å². The molecule has 0 unspecified atom stereocenters. The molecule has 9 heteroatoms. The highest BCUT2D eigenvalue weighted by molar-refractivity contribution is 5.96. The molecular weight excluding hydrogens is 445 g/mol. The number of likely N-dealkylation sites (tertiary alicyclic amines) is 1. The molecule has 0 aliphatic carbocycles. The first-order valence-electron chi connectivity index (χ1n) is 11.6. The lowest BCUT2D eigenvalue weighted by Gasteiger charge is -2.32. The van der Waals surface area contributed by atoms with Crippen LogP contribution in [0.4, 0.5) is 4.39 Å². The highest BCUT2D eigenvalue weighted by Gasteiger charge is 2.29. The number of carbonyl (C=O) groups is 1. The molecular formula is C26H26FN7O. The minimum absolute atomic E-state index is 0.0429. The first-order valence-corrected chi connectivity index (χ1v) is 11.6. The summed E-state index contributed by atoms with van der Waals surface area (Å²) >= 11 is 0. The molecule has 1 aliphatic heterocycles. The third-order valence-corrected chi connectivity index (χ3v) is 6.65. The minimum Gasteiger partial charge on any atom is -0.336 e. The Bertz CT molecular complexity index is 1480. The Hall–Kier alpha value is -4.03. The molecule has 8 nitrogen and oxygen atoms in total. The maximum absolute atomic E-state index is 14.6. The van der Waals surface area contributed by atoms with Crippen molar-refractivity contribution in [1.29, 1.82) is 5.26 Å². The Morgan fingerprint density at radius 2 is 2.06 bits per heavy atom. The van der Waals surface area contributed by atoms with Crippen LogP contribution in [-0.4, -0.2) is 56.5 Å². The number of nitrogens with one attached hydrogen (secondary N) is 1. The van der Waals surface area contributed by atoms with E-state index in [2.05, 4.69) is 10.4 Å². The van der Waals surface area contributed by atoms with Gasteiger partial charge in [0.15, 0.2) is 5.69 Å². The first-order chi connectivity index (χ1) is 16.9. The maximum Gasteiger partial charge on any atom is 0.274 e. The number of halogens is 1. The van der Waals surface area contributed by atoms with Gasteiger partial charge in [-0.15, -0.1) is 0 Å². The van der Waals surface area contributed by atoms with Crippen LogP contribution < -0.4 is 5.32 Å². The summed E-state index contributed by atoms with van der Waals surface area (Å²) in [6.07, 6.45) is 3.87. The van der Waals surface area contributed by atoms with Gasteiger partial charge >= 0.3 is 0 Å². The zero-order valence-corrected chi connectivity index (χ0v) is 19.9. The first kappa shape index (κ1) is 22.7. The van der Waals surface area contributed by atoms with E-state index in [4.69, 9.17) is 10.4 Å². The summed E-state index contributed by atoms with van der Waals surface area (Å²) in [5.41, 5.74) is 3.85. The van der Waals surface area contributed by atoms with E-state index in [0.717, 1.165) is 34.9 Å². The van der Waals surface area contributed by atoms with Crippen molar-refractivity contribution in [1.82, 2.24) is 29.8 Å². The molecule has 1 atom stereocenters. The number of hydrogen-bond acceptors (Lipinski definition) is 5. The minimum atomic E-state index is -0.632.